The van der Waals surface area contributed by atoms with E-state index in [1.54, 1.807) is 17.8 Å². The number of rotatable bonds is 3. The predicted molar refractivity (Wildman–Crippen MR) is 89.2 cm³/mol. The summed E-state index contributed by atoms with van der Waals surface area (Å²) in [4.78, 5) is 20.7. The Labute approximate surface area is 132 Å². The SMILES string of the molecule is Cc1ccc(NC(=O)c2csc(-c3cccnc3)n2)cc1C. The Hall–Kier alpha value is -2.53. The van der Waals surface area contributed by atoms with Crippen LogP contribution in [-0.4, -0.2) is 15.9 Å². The summed E-state index contributed by atoms with van der Waals surface area (Å²) in [5, 5.41) is 5.43. The van der Waals surface area contributed by atoms with Crippen LogP contribution in [0.2, 0.25) is 0 Å². The number of aryl methyl sites for hydroxylation is 2. The molecule has 5 heteroatoms. The van der Waals surface area contributed by atoms with E-state index in [2.05, 4.69) is 15.3 Å². The smallest absolute Gasteiger partial charge is 0.275 e. The molecule has 0 fully saturated rings. The second-order valence-corrected chi connectivity index (χ2v) is 5.89. The molecule has 0 radical (unpaired) electrons. The Bertz CT molecular complexity index is 812. The van der Waals surface area contributed by atoms with Gasteiger partial charge in [0, 0.05) is 29.0 Å². The minimum atomic E-state index is -0.199. The minimum Gasteiger partial charge on any atom is -0.321 e. The van der Waals surface area contributed by atoms with Crippen LogP contribution in [0.1, 0.15) is 21.6 Å². The van der Waals surface area contributed by atoms with E-state index in [1.165, 1.54) is 16.9 Å². The molecule has 0 aliphatic rings. The Balaban J connectivity index is 1.78. The van der Waals surface area contributed by atoms with Gasteiger partial charge in [-0.1, -0.05) is 6.07 Å². The van der Waals surface area contributed by atoms with E-state index in [-0.39, 0.29) is 5.91 Å². The number of pyridine rings is 1. The van der Waals surface area contributed by atoms with Crippen molar-refractivity contribution in [1.82, 2.24) is 9.97 Å². The second kappa shape index (κ2) is 6.07. The van der Waals surface area contributed by atoms with Crippen LogP contribution in [0.5, 0.6) is 0 Å². The number of anilines is 1. The number of thiazole rings is 1. The average molecular weight is 309 g/mol. The fourth-order valence-corrected chi connectivity index (χ4v) is 2.81. The zero-order valence-electron chi connectivity index (χ0n) is 12.3. The summed E-state index contributed by atoms with van der Waals surface area (Å²) in [5.41, 5.74) is 4.46. The van der Waals surface area contributed by atoms with Gasteiger partial charge in [0.15, 0.2) is 0 Å². The number of carbonyl (C=O) groups is 1. The number of hydrogen-bond acceptors (Lipinski definition) is 4. The van der Waals surface area contributed by atoms with Gasteiger partial charge < -0.3 is 5.32 Å². The summed E-state index contributed by atoms with van der Waals surface area (Å²) in [5.74, 6) is -0.199. The summed E-state index contributed by atoms with van der Waals surface area (Å²) in [6, 6.07) is 9.63. The molecule has 0 saturated heterocycles. The van der Waals surface area contributed by atoms with Crippen molar-refractivity contribution in [2.45, 2.75) is 13.8 Å². The monoisotopic (exact) mass is 309 g/mol. The summed E-state index contributed by atoms with van der Waals surface area (Å²) < 4.78 is 0. The van der Waals surface area contributed by atoms with Crippen LogP contribution in [-0.2, 0) is 0 Å². The van der Waals surface area contributed by atoms with Crippen molar-refractivity contribution in [2.24, 2.45) is 0 Å². The third-order valence-electron chi connectivity index (χ3n) is 3.41. The summed E-state index contributed by atoms with van der Waals surface area (Å²) in [6.07, 6.45) is 3.45. The summed E-state index contributed by atoms with van der Waals surface area (Å²) >= 11 is 1.44. The Kier molecular flexibility index (Phi) is 3.98. The molecule has 0 saturated carbocycles. The molecular formula is C17H15N3OS. The van der Waals surface area contributed by atoms with Crippen molar-refractivity contribution in [2.75, 3.05) is 5.32 Å². The Morgan fingerprint density at radius 3 is 2.77 bits per heavy atom. The van der Waals surface area contributed by atoms with Gasteiger partial charge in [-0.15, -0.1) is 11.3 Å². The first-order valence-electron chi connectivity index (χ1n) is 6.88. The Morgan fingerprint density at radius 2 is 2.05 bits per heavy atom. The number of nitrogens with one attached hydrogen (secondary N) is 1. The zero-order chi connectivity index (χ0) is 15.5. The highest BCUT2D eigenvalue weighted by molar-refractivity contribution is 7.13. The molecule has 3 rings (SSSR count). The van der Waals surface area contributed by atoms with E-state index in [0.717, 1.165) is 21.8 Å². The van der Waals surface area contributed by atoms with Gasteiger partial charge in [-0.25, -0.2) is 4.98 Å². The van der Waals surface area contributed by atoms with Gasteiger partial charge >= 0.3 is 0 Å². The topological polar surface area (TPSA) is 54.9 Å². The number of carbonyl (C=O) groups excluding carboxylic acids is 1. The molecule has 0 aliphatic heterocycles. The van der Waals surface area contributed by atoms with Crippen LogP contribution in [0, 0.1) is 13.8 Å². The van der Waals surface area contributed by atoms with Gasteiger partial charge in [0.1, 0.15) is 10.7 Å². The van der Waals surface area contributed by atoms with Crippen LogP contribution in [0.25, 0.3) is 10.6 Å². The van der Waals surface area contributed by atoms with Crippen molar-refractivity contribution in [1.29, 1.82) is 0 Å². The molecule has 110 valence electrons. The molecule has 1 N–H and O–H groups in total. The molecule has 22 heavy (non-hydrogen) atoms. The molecule has 0 atom stereocenters. The van der Waals surface area contributed by atoms with Crippen LogP contribution < -0.4 is 5.32 Å². The molecule has 0 bridgehead atoms. The number of nitrogens with zero attached hydrogens (tertiary/aromatic N) is 2. The number of amides is 1. The van der Waals surface area contributed by atoms with Gasteiger partial charge in [0.2, 0.25) is 0 Å². The van der Waals surface area contributed by atoms with Gasteiger partial charge in [0.05, 0.1) is 0 Å². The van der Waals surface area contributed by atoms with Crippen LogP contribution >= 0.6 is 11.3 Å². The molecule has 1 aromatic carbocycles. The van der Waals surface area contributed by atoms with E-state index < -0.39 is 0 Å². The maximum atomic E-state index is 12.3. The number of aromatic nitrogens is 2. The maximum absolute atomic E-state index is 12.3. The van der Waals surface area contributed by atoms with Crippen LogP contribution in [0.3, 0.4) is 0 Å². The molecule has 0 aliphatic carbocycles. The van der Waals surface area contributed by atoms with Crippen molar-refractivity contribution >= 4 is 22.9 Å². The molecule has 2 heterocycles. The Morgan fingerprint density at radius 1 is 1.18 bits per heavy atom. The van der Waals surface area contributed by atoms with E-state index in [4.69, 9.17) is 0 Å². The minimum absolute atomic E-state index is 0.199. The van der Waals surface area contributed by atoms with E-state index in [0.29, 0.717) is 5.69 Å². The summed E-state index contributed by atoms with van der Waals surface area (Å²) in [6.45, 7) is 4.07. The highest BCUT2D eigenvalue weighted by atomic mass is 32.1. The van der Waals surface area contributed by atoms with Crippen molar-refractivity contribution in [3.63, 3.8) is 0 Å². The molecule has 1 amide bonds. The fourth-order valence-electron chi connectivity index (χ4n) is 2.01. The van der Waals surface area contributed by atoms with E-state index >= 15 is 0 Å². The number of hydrogen-bond donors (Lipinski definition) is 1. The lowest BCUT2D eigenvalue weighted by Gasteiger charge is -2.06. The quantitative estimate of drug-likeness (QED) is 0.793. The zero-order valence-corrected chi connectivity index (χ0v) is 13.1. The molecule has 0 spiro atoms. The molecule has 3 aromatic rings. The lowest BCUT2D eigenvalue weighted by Crippen LogP contribution is -2.12. The standard InChI is InChI=1S/C17H15N3OS/c1-11-5-6-14(8-12(11)2)19-16(21)15-10-22-17(20-15)13-4-3-7-18-9-13/h3-10H,1-2H3,(H,19,21). The normalized spacial score (nSPS) is 10.5. The van der Waals surface area contributed by atoms with Crippen molar-refractivity contribution < 1.29 is 4.79 Å². The second-order valence-electron chi connectivity index (χ2n) is 5.03. The van der Waals surface area contributed by atoms with Gasteiger partial charge in [-0.05, 0) is 49.2 Å². The van der Waals surface area contributed by atoms with Crippen LogP contribution in [0.4, 0.5) is 5.69 Å². The lowest BCUT2D eigenvalue weighted by molar-refractivity contribution is 0.102. The largest absolute Gasteiger partial charge is 0.321 e. The van der Waals surface area contributed by atoms with Gasteiger partial charge in [-0.2, -0.15) is 0 Å². The average Bonchev–Trinajstić information content (AvgIpc) is 3.02. The molecular weight excluding hydrogens is 294 g/mol. The van der Waals surface area contributed by atoms with E-state index in [1.807, 2.05) is 44.2 Å². The van der Waals surface area contributed by atoms with Gasteiger partial charge in [0.25, 0.3) is 5.91 Å². The first kappa shape index (κ1) is 14.4. The third kappa shape index (κ3) is 3.04. The molecule has 0 unspecified atom stereocenters. The maximum Gasteiger partial charge on any atom is 0.275 e. The predicted octanol–water partition coefficient (Wildman–Crippen LogP) is 4.07. The highest BCUT2D eigenvalue weighted by Gasteiger charge is 2.12. The third-order valence-corrected chi connectivity index (χ3v) is 4.30. The van der Waals surface area contributed by atoms with Crippen molar-refractivity contribution in [3.05, 3.63) is 64.9 Å². The van der Waals surface area contributed by atoms with Gasteiger partial charge in [-0.3, -0.25) is 9.78 Å². The van der Waals surface area contributed by atoms with Crippen LogP contribution in [0.15, 0.2) is 48.1 Å². The first-order valence-corrected chi connectivity index (χ1v) is 7.76. The van der Waals surface area contributed by atoms with Crippen molar-refractivity contribution in [3.8, 4) is 10.6 Å². The highest BCUT2D eigenvalue weighted by Crippen LogP contribution is 2.23. The molecule has 2 aromatic heterocycles. The first-order chi connectivity index (χ1) is 10.6. The lowest BCUT2D eigenvalue weighted by atomic mass is 10.1. The van der Waals surface area contributed by atoms with E-state index in [9.17, 15) is 4.79 Å². The number of benzene rings is 1. The molecule has 4 nitrogen and oxygen atoms in total. The summed E-state index contributed by atoms with van der Waals surface area (Å²) in [7, 11) is 0. The fraction of sp³-hybridized carbons (Fsp3) is 0.118.